The predicted molar refractivity (Wildman–Crippen MR) is 73.0 cm³/mol. The van der Waals surface area contributed by atoms with E-state index in [4.69, 9.17) is 5.73 Å². The minimum atomic E-state index is -3.18. The van der Waals surface area contributed by atoms with Gasteiger partial charge in [-0.2, -0.15) is 0 Å². The molecular formula is C10H22ClN3O3S. The molecule has 18 heavy (non-hydrogen) atoms. The van der Waals surface area contributed by atoms with E-state index >= 15 is 0 Å². The second-order valence-corrected chi connectivity index (χ2v) is 6.41. The second kappa shape index (κ2) is 7.93. The third-order valence-corrected chi connectivity index (χ3v) is 3.60. The summed E-state index contributed by atoms with van der Waals surface area (Å²) in [6, 6.07) is 0.119. The lowest BCUT2D eigenvalue weighted by molar-refractivity contribution is -0.126. The SMILES string of the molecule is CS(=O)(=O)NCCNC(=O)C1CCCC(N)C1.Cl. The van der Waals surface area contributed by atoms with Crippen LogP contribution in [0.1, 0.15) is 25.7 Å². The van der Waals surface area contributed by atoms with Crippen molar-refractivity contribution in [2.24, 2.45) is 11.7 Å². The van der Waals surface area contributed by atoms with E-state index in [1.165, 1.54) is 0 Å². The van der Waals surface area contributed by atoms with E-state index in [2.05, 4.69) is 10.0 Å². The summed E-state index contributed by atoms with van der Waals surface area (Å²) >= 11 is 0. The van der Waals surface area contributed by atoms with Crippen molar-refractivity contribution in [2.45, 2.75) is 31.7 Å². The van der Waals surface area contributed by atoms with Crippen molar-refractivity contribution in [3.63, 3.8) is 0 Å². The van der Waals surface area contributed by atoms with Crippen molar-refractivity contribution in [1.29, 1.82) is 0 Å². The fourth-order valence-corrected chi connectivity index (χ4v) is 2.51. The van der Waals surface area contributed by atoms with Crippen LogP contribution in [0.4, 0.5) is 0 Å². The number of nitrogens with one attached hydrogen (secondary N) is 2. The average Bonchev–Trinajstić information content (AvgIpc) is 2.23. The summed E-state index contributed by atoms with van der Waals surface area (Å²) in [5, 5.41) is 2.72. The highest BCUT2D eigenvalue weighted by molar-refractivity contribution is 7.88. The van der Waals surface area contributed by atoms with Crippen LogP contribution in [-0.2, 0) is 14.8 Å². The zero-order chi connectivity index (χ0) is 12.9. The molecule has 0 saturated heterocycles. The Bertz CT molecular complexity index is 361. The Morgan fingerprint density at radius 3 is 2.56 bits per heavy atom. The highest BCUT2D eigenvalue weighted by atomic mass is 35.5. The van der Waals surface area contributed by atoms with Crippen molar-refractivity contribution >= 4 is 28.3 Å². The first-order valence-corrected chi connectivity index (χ1v) is 7.75. The van der Waals surface area contributed by atoms with Crippen molar-refractivity contribution in [3.05, 3.63) is 0 Å². The number of hydrogen-bond donors (Lipinski definition) is 3. The summed E-state index contributed by atoms with van der Waals surface area (Å²) in [7, 11) is -3.18. The first kappa shape index (κ1) is 17.6. The first-order valence-electron chi connectivity index (χ1n) is 5.86. The molecule has 4 N–H and O–H groups in total. The van der Waals surface area contributed by atoms with Crippen LogP contribution >= 0.6 is 12.4 Å². The summed E-state index contributed by atoms with van der Waals surface area (Å²) in [6.07, 6.45) is 4.67. The normalized spacial score (nSPS) is 24.1. The molecule has 0 aromatic carbocycles. The topological polar surface area (TPSA) is 101 Å². The van der Waals surface area contributed by atoms with Crippen molar-refractivity contribution in [2.75, 3.05) is 19.3 Å². The summed E-state index contributed by atoms with van der Waals surface area (Å²) in [4.78, 5) is 11.7. The molecule has 1 aliphatic carbocycles. The number of amides is 1. The summed E-state index contributed by atoms with van der Waals surface area (Å²) < 4.78 is 23.9. The maximum atomic E-state index is 11.7. The van der Waals surface area contributed by atoms with Gasteiger partial charge in [-0.05, 0) is 19.3 Å². The molecule has 0 aromatic rings. The molecule has 8 heteroatoms. The van der Waals surface area contributed by atoms with Gasteiger partial charge < -0.3 is 11.1 Å². The maximum absolute atomic E-state index is 11.7. The fourth-order valence-electron chi connectivity index (χ4n) is 2.03. The molecule has 1 fully saturated rings. The first-order chi connectivity index (χ1) is 7.88. The number of sulfonamides is 1. The molecule has 0 aromatic heterocycles. The number of hydrogen-bond acceptors (Lipinski definition) is 4. The van der Waals surface area contributed by atoms with Gasteiger partial charge in [-0.15, -0.1) is 12.4 Å². The Kier molecular flexibility index (Phi) is 7.77. The van der Waals surface area contributed by atoms with E-state index in [0.717, 1.165) is 31.9 Å². The average molecular weight is 300 g/mol. The van der Waals surface area contributed by atoms with Gasteiger partial charge >= 0.3 is 0 Å². The zero-order valence-corrected chi connectivity index (χ0v) is 12.1. The van der Waals surface area contributed by atoms with Crippen molar-refractivity contribution in [1.82, 2.24) is 10.0 Å². The van der Waals surface area contributed by atoms with Crippen molar-refractivity contribution < 1.29 is 13.2 Å². The molecule has 1 aliphatic rings. The van der Waals surface area contributed by atoms with E-state index in [1.807, 2.05) is 0 Å². The number of carbonyl (C=O) groups excluding carboxylic acids is 1. The third kappa shape index (κ3) is 7.15. The quantitative estimate of drug-likeness (QED) is 0.601. The minimum absolute atomic E-state index is 0. The molecule has 0 heterocycles. The molecular weight excluding hydrogens is 278 g/mol. The molecule has 1 amide bonds. The van der Waals surface area contributed by atoms with Crippen LogP contribution in [-0.4, -0.2) is 39.7 Å². The summed E-state index contributed by atoms with van der Waals surface area (Å²) in [5.74, 6) is -0.0348. The van der Waals surface area contributed by atoms with Crippen LogP contribution in [0.25, 0.3) is 0 Å². The maximum Gasteiger partial charge on any atom is 0.223 e. The van der Waals surface area contributed by atoms with E-state index in [9.17, 15) is 13.2 Å². The highest BCUT2D eigenvalue weighted by Gasteiger charge is 2.24. The molecule has 0 bridgehead atoms. The molecule has 1 saturated carbocycles. The Morgan fingerprint density at radius 2 is 2.00 bits per heavy atom. The molecule has 1 rings (SSSR count). The van der Waals surface area contributed by atoms with Crippen LogP contribution in [0.3, 0.4) is 0 Å². The molecule has 6 nitrogen and oxygen atoms in total. The van der Waals surface area contributed by atoms with E-state index < -0.39 is 10.0 Å². The Labute approximate surface area is 115 Å². The number of halogens is 1. The number of rotatable bonds is 5. The van der Waals surface area contributed by atoms with Crippen LogP contribution in [0.15, 0.2) is 0 Å². The second-order valence-electron chi connectivity index (χ2n) is 4.58. The summed E-state index contributed by atoms with van der Waals surface area (Å²) in [6.45, 7) is 0.543. The monoisotopic (exact) mass is 299 g/mol. The lowest BCUT2D eigenvalue weighted by Crippen LogP contribution is -2.40. The zero-order valence-electron chi connectivity index (χ0n) is 10.5. The standard InChI is InChI=1S/C10H21N3O3S.ClH/c1-17(15,16)13-6-5-12-10(14)8-3-2-4-9(11)7-8;/h8-9,13H,2-7,11H2,1H3,(H,12,14);1H. The molecule has 0 spiro atoms. The van der Waals surface area contributed by atoms with Crippen LogP contribution < -0.4 is 15.8 Å². The third-order valence-electron chi connectivity index (χ3n) is 2.87. The Hall–Kier alpha value is -0.370. The van der Waals surface area contributed by atoms with E-state index in [-0.39, 0.29) is 36.8 Å². The lowest BCUT2D eigenvalue weighted by Gasteiger charge is -2.25. The van der Waals surface area contributed by atoms with E-state index in [0.29, 0.717) is 6.54 Å². The van der Waals surface area contributed by atoms with Gasteiger partial charge in [-0.3, -0.25) is 4.79 Å². The largest absolute Gasteiger partial charge is 0.355 e. The van der Waals surface area contributed by atoms with Gasteiger partial charge in [0.15, 0.2) is 0 Å². The Balaban J connectivity index is 0.00000289. The van der Waals surface area contributed by atoms with E-state index in [1.54, 1.807) is 0 Å². The van der Waals surface area contributed by atoms with Crippen LogP contribution in [0.2, 0.25) is 0 Å². The minimum Gasteiger partial charge on any atom is -0.355 e. The smallest absolute Gasteiger partial charge is 0.223 e. The van der Waals surface area contributed by atoms with Gasteiger partial charge in [-0.1, -0.05) is 6.42 Å². The molecule has 108 valence electrons. The number of carbonyl (C=O) groups is 1. The molecule has 2 atom stereocenters. The highest BCUT2D eigenvalue weighted by Crippen LogP contribution is 2.22. The Morgan fingerprint density at radius 1 is 1.33 bits per heavy atom. The van der Waals surface area contributed by atoms with Gasteiger partial charge in [0.05, 0.1) is 6.26 Å². The van der Waals surface area contributed by atoms with Gasteiger partial charge in [0, 0.05) is 25.0 Å². The molecule has 0 aliphatic heterocycles. The summed E-state index contributed by atoms with van der Waals surface area (Å²) in [5.41, 5.74) is 5.80. The van der Waals surface area contributed by atoms with Crippen LogP contribution in [0.5, 0.6) is 0 Å². The lowest BCUT2D eigenvalue weighted by atomic mass is 9.85. The molecule has 0 radical (unpaired) electrons. The van der Waals surface area contributed by atoms with Gasteiger partial charge in [0.2, 0.25) is 15.9 Å². The van der Waals surface area contributed by atoms with Gasteiger partial charge in [0.25, 0.3) is 0 Å². The fraction of sp³-hybridized carbons (Fsp3) is 0.900. The van der Waals surface area contributed by atoms with Gasteiger partial charge in [-0.25, -0.2) is 13.1 Å². The molecule has 2 unspecified atom stereocenters. The predicted octanol–water partition coefficient (Wildman–Crippen LogP) is -0.409. The van der Waals surface area contributed by atoms with Crippen LogP contribution in [0, 0.1) is 5.92 Å². The number of nitrogens with two attached hydrogens (primary N) is 1. The van der Waals surface area contributed by atoms with Crippen molar-refractivity contribution in [3.8, 4) is 0 Å². The van der Waals surface area contributed by atoms with Gasteiger partial charge in [0.1, 0.15) is 0 Å².